The van der Waals surface area contributed by atoms with Crippen molar-refractivity contribution in [3.63, 3.8) is 0 Å². The lowest BCUT2D eigenvalue weighted by Crippen LogP contribution is -2.32. The molecule has 1 atom stereocenters. The first-order valence-corrected chi connectivity index (χ1v) is 9.36. The summed E-state index contributed by atoms with van der Waals surface area (Å²) in [7, 11) is 0. The van der Waals surface area contributed by atoms with Crippen LogP contribution in [0.5, 0.6) is 0 Å². The van der Waals surface area contributed by atoms with Crippen molar-refractivity contribution in [2.75, 3.05) is 19.6 Å². The van der Waals surface area contributed by atoms with Crippen LogP contribution in [-0.4, -0.2) is 46.2 Å². The third-order valence-corrected chi connectivity index (χ3v) is 5.28. The summed E-state index contributed by atoms with van der Waals surface area (Å²) < 4.78 is 0. The Labute approximate surface area is 153 Å². The van der Waals surface area contributed by atoms with E-state index in [1.807, 2.05) is 28.0 Å². The molecule has 0 saturated carbocycles. The molecule has 0 N–H and O–H groups in total. The zero-order valence-corrected chi connectivity index (χ0v) is 14.8. The zero-order valence-electron chi connectivity index (χ0n) is 14.8. The summed E-state index contributed by atoms with van der Waals surface area (Å²) in [6.07, 6.45) is 4.02. The molecule has 2 saturated heterocycles. The van der Waals surface area contributed by atoms with Gasteiger partial charge < -0.3 is 9.80 Å². The SMILES string of the molecule is O=C(c1cccc(C(=O)N2CCC[C@H]2c2ccccc2)n1)N1CCCC1. The lowest BCUT2D eigenvalue weighted by Gasteiger charge is -2.25. The molecule has 2 aliphatic heterocycles. The maximum absolute atomic E-state index is 13.1. The van der Waals surface area contributed by atoms with Gasteiger partial charge in [0.1, 0.15) is 11.4 Å². The molecule has 5 heteroatoms. The molecule has 0 radical (unpaired) electrons. The molecular weight excluding hydrogens is 326 g/mol. The van der Waals surface area contributed by atoms with Crippen LogP contribution in [0.4, 0.5) is 0 Å². The number of hydrogen-bond acceptors (Lipinski definition) is 3. The number of hydrogen-bond donors (Lipinski definition) is 0. The van der Waals surface area contributed by atoms with E-state index in [4.69, 9.17) is 0 Å². The Hall–Kier alpha value is -2.69. The molecule has 2 amide bonds. The van der Waals surface area contributed by atoms with Crippen LogP contribution in [0.2, 0.25) is 0 Å². The third-order valence-electron chi connectivity index (χ3n) is 5.28. The smallest absolute Gasteiger partial charge is 0.272 e. The lowest BCUT2D eigenvalue weighted by atomic mass is 10.0. The first-order valence-electron chi connectivity index (χ1n) is 9.36. The Kier molecular flexibility index (Phi) is 4.69. The molecule has 1 aromatic carbocycles. The number of nitrogens with zero attached hydrogens (tertiary/aromatic N) is 3. The van der Waals surface area contributed by atoms with E-state index in [1.54, 1.807) is 18.2 Å². The quantitative estimate of drug-likeness (QED) is 0.854. The number of rotatable bonds is 3. The fraction of sp³-hybridized carbons (Fsp3) is 0.381. The van der Waals surface area contributed by atoms with Crippen LogP contribution < -0.4 is 0 Å². The summed E-state index contributed by atoms with van der Waals surface area (Å²) in [6.45, 7) is 2.28. The number of carbonyl (C=O) groups excluding carboxylic acids is 2. The van der Waals surface area contributed by atoms with Crippen molar-refractivity contribution in [3.8, 4) is 0 Å². The Bertz CT molecular complexity index is 800. The second kappa shape index (κ2) is 7.28. The van der Waals surface area contributed by atoms with Crippen molar-refractivity contribution >= 4 is 11.8 Å². The predicted molar refractivity (Wildman–Crippen MR) is 98.8 cm³/mol. The second-order valence-corrected chi connectivity index (χ2v) is 6.97. The van der Waals surface area contributed by atoms with Crippen molar-refractivity contribution in [3.05, 3.63) is 65.5 Å². The Morgan fingerprint density at radius 1 is 0.808 bits per heavy atom. The van der Waals surface area contributed by atoms with Gasteiger partial charge in [0.15, 0.2) is 0 Å². The van der Waals surface area contributed by atoms with Crippen LogP contribution in [0, 0.1) is 0 Å². The molecule has 134 valence electrons. The standard InChI is InChI=1S/C21H23N3O2/c25-20(23-13-4-5-14-23)17-10-6-11-18(22-17)21(26)24-15-7-12-19(24)16-8-2-1-3-9-16/h1-3,6,8-11,19H,4-5,7,12-15H2/t19-/m0/s1. The molecule has 5 nitrogen and oxygen atoms in total. The minimum absolute atomic E-state index is 0.0711. The van der Waals surface area contributed by atoms with E-state index in [9.17, 15) is 9.59 Å². The predicted octanol–water partition coefficient (Wildman–Crippen LogP) is 3.29. The molecule has 3 heterocycles. The normalized spacial score (nSPS) is 19.8. The summed E-state index contributed by atoms with van der Waals surface area (Å²) in [5.41, 5.74) is 1.88. The van der Waals surface area contributed by atoms with Crippen LogP contribution >= 0.6 is 0 Å². The van der Waals surface area contributed by atoms with Crippen LogP contribution in [0.25, 0.3) is 0 Å². The van der Waals surface area contributed by atoms with Crippen LogP contribution in [0.1, 0.15) is 58.3 Å². The first-order chi connectivity index (χ1) is 12.7. The Morgan fingerprint density at radius 3 is 2.23 bits per heavy atom. The number of amides is 2. The van der Waals surface area contributed by atoms with Crippen molar-refractivity contribution in [2.45, 2.75) is 31.7 Å². The van der Waals surface area contributed by atoms with Gasteiger partial charge in [-0.25, -0.2) is 4.98 Å². The van der Waals surface area contributed by atoms with Crippen molar-refractivity contribution in [1.29, 1.82) is 0 Å². The zero-order chi connectivity index (χ0) is 17.9. The van der Waals surface area contributed by atoms with E-state index in [2.05, 4.69) is 17.1 Å². The highest BCUT2D eigenvalue weighted by atomic mass is 16.2. The van der Waals surface area contributed by atoms with Gasteiger partial charge in [0.05, 0.1) is 6.04 Å². The second-order valence-electron chi connectivity index (χ2n) is 6.97. The third kappa shape index (κ3) is 3.21. The van der Waals surface area contributed by atoms with E-state index in [0.29, 0.717) is 11.4 Å². The van der Waals surface area contributed by atoms with Crippen LogP contribution in [-0.2, 0) is 0 Å². The van der Waals surface area contributed by atoms with Gasteiger partial charge in [-0.05, 0) is 43.4 Å². The minimum atomic E-state index is -0.0903. The van der Waals surface area contributed by atoms with E-state index >= 15 is 0 Å². The monoisotopic (exact) mass is 349 g/mol. The first kappa shape index (κ1) is 16.8. The largest absolute Gasteiger partial charge is 0.337 e. The van der Waals surface area contributed by atoms with E-state index < -0.39 is 0 Å². The Balaban J connectivity index is 1.56. The molecule has 0 bridgehead atoms. The number of likely N-dealkylation sites (tertiary alicyclic amines) is 2. The molecule has 0 spiro atoms. The average Bonchev–Trinajstić information content (AvgIpc) is 3.39. The van der Waals surface area contributed by atoms with Gasteiger partial charge in [0.2, 0.25) is 0 Å². The fourth-order valence-corrected chi connectivity index (χ4v) is 3.93. The highest BCUT2D eigenvalue weighted by molar-refractivity contribution is 5.96. The summed E-state index contributed by atoms with van der Waals surface area (Å²) in [5, 5.41) is 0. The molecule has 1 aromatic heterocycles. The highest BCUT2D eigenvalue weighted by Gasteiger charge is 2.31. The van der Waals surface area contributed by atoms with Crippen molar-refractivity contribution in [1.82, 2.24) is 14.8 Å². The van der Waals surface area contributed by atoms with Crippen LogP contribution in [0.15, 0.2) is 48.5 Å². The van der Waals surface area contributed by atoms with E-state index in [0.717, 1.165) is 50.9 Å². The fourth-order valence-electron chi connectivity index (χ4n) is 3.93. The summed E-state index contributed by atoms with van der Waals surface area (Å²) in [4.78, 5) is 33.7. The summed E-state index contributed by atoms with van der Waals surface area (Å²) in [5.74, 6) is -0.161. The minimum Gasteiger partial charge on any atom is -0.337 e. The molecule has 0 unspecified atom stereocenters. The van der Waals surface area contributed by atoms with Gasteiger partial charge in [0, 0.05) is 19.6 Å². The maximum atomic E-state index is 13.1. The van der Waals surface area contributed by atoms with Crippen molar-refractivity contribution < 1.29 is 9.59 Å². The molecule has 0 aliphatic carbocycles. The number of benzene rings is 1. The van der Waals surface area contributed by atoms with Crippen molar-refractivity contribution in [2.24, 2.45) is 0 Å². The number of aromatic nitrogens is 1. The summed E-state index contributed by atoms with van der Waals surface area (Å²) >= 11 is 0. The molecule has 2 fully saturated rings. The lowest BCUT2D eigenvalue weighted by molar-refractivity contribution is 0.0728. The van der Waals surface area contributed by atoms with Gasteiger partial charge in [-0.3, -0.25) is 9.59 Å². The Morgan fingerprint density at radius 2 is 1.50 bits per heavy atom. The number of carbonyl (C=O) groups is 2. The molecular formula is C21H23N3O2. The van der Waals surface area contributed by atoms with E-state index in [1.165, 1.54) is 0 Å². The maximum Gasteiger partial charge on any atom is 0.272 e. The van der Waals surface area contributed by atoms with Crippen LogP contribution in [0.3, 0.4) is 0 Å². The van der Waals surface area contributed by atoms with Gasteiger partial charge in [0.25, 0.3) is 11.8 Å². The highest BCUT2D eigenvalue weighted by Crippen LogP contribution is 2.32. The topological polar surface area (TPSA) is 53.5 Å². The molecule has 2 aromatic rings. The molecule has 4 rings (SSSR count). The van der Waals surface area contributed by atoms with E-state index in [-0.39, 0.29) is 17.9 Å². The molecule has 26 heavy (non-hydrogen) atoms. The van der Waals surface area contributed by atoms with Gasteiger partial charge in [-0.15, -0.1) is 0 Å². The summed E-state index contributed by atoms with van der Waals surface area (Å²) in [6, 6.07) is 15.4. The van der Waals surface area contributed by atoms with Gasteiger partial charge in [-0.1, -0.05) is 36.4 Å². The average molecular weight is 349 g/mol. The van der Waals surface area contributed by atoms with Gasteiger partial charge in [-0.2, -0.15) is 0 Å². The number of pyridine rings is 1. The molecule has 2 aliphatic rings. The van der Waals surface area contributed by atoms with Gasteiger partial charge >= 0.3 is 0 Å².